The summed E-state index contributed by atoms with van der Waals surface area (Å²) in [6.07, 6.45) is 1.33. The zero-order valence-electron chi connectivity index (χ0n) is 19.0. The standard InChI is InChI=1S/C25H19IN2O7S/c1-33-22-14-16(13-21(26)23(22)35-36(31,32)20-6-4-3-5-7-20)12-18(15-27)24(29)28-19-10-8-17(9-11-19)25(30)34-2/h3-14H,1-2H3,(H,28,29)/b18-12+. The maximum Gasteiger partial charge on any atom is 0.339 e. The summed E-state index contributed by atoms with van der Waals surface area (Å²) in [4.78, 5) is 24.2. The topological polar surface area (TPSA) is 132 Å². The van der Waals surface area contributed by atoms with Crippen molar-refractivity contribution in [1.82, 2.24) is 0 Å². The fourth-order valence-corrected chi connectivity index (χ4v) is 4.83. The van der Waals surface area contributed by atoms with Crippen LogP contribution < -0.4 is 14.2 Å². The fourth-order valence-electron chi connectivity index (χ4n) is 2.97. The third-order valence-electron chi connectivity index (χ3n) is 4.72. The predicted octanol–water partition coefficient (Wildman–Crippen LogP) is 4.40. The van der Waals surface area contributed by atoms with Crippen LogP contribution in [-0.2, 0) is 19.6 Å². The van der Waals surface area contributed by atoms with E-state index in [2.05, 4.69) is 10.1 Å². The van der Waals surface area contributed by atoms with Crippen molar-refractivity contribution < 1.29 is 31.7 Å². The number of carbonyl (C=O) groups is 2. The summed E-state index contributed by atoms with van der Waals surface area (Å²) in [5.41, 5.74) is 0.879. The smallest absolute Gasteiger partial charge is 0.339 e. The molecule has 0 heterocycles. The van der Waals surface area contributed by atoms with Gasteiger partial charge in [0.15, 0.2) is 11.5 Å². The molecule has 0 aliphatic heterocycles. The number of nitrogens with one attached hydrogen (secondary N) is 1. The first-order chi connectivity index (χ1) is 17.2. The summed E-state index contributed by atoms with van der Waals surface area (Å²) < 4.78 is 41.0. The number of esters is 1. The van der Waals surface area contributed by atoms with Gasteiger partial charge < -0.3 is 19.0 Å². The Morgan fingerprint density at radius 2 is 1.69 bits per heavy atom. The van der Waals surface area contributed by atoms with Gasteiger partial charge in [0.25, 0.3) is 5.91 Å². The third-order valence-corrected chi connectivity index (χ3v) is 6.75. The molecule has 1 amide bonds. The van der Waals surface area contributed by atoms with Crippen LogP contribution in [0, 0.1) is 14.9 Å². The number of nitrogens with zero attached hydrogens (tertiary/aromatic N) is 1. The quantitative estimate of drug-likeness (QED) is 0.129. The molecule has 9 nitrogen and oxygen atoms in total. The number of benzene rings is 3. The number of rotatable bonds is 8. The molecule has 0 spiro atoms. The highest BCUT2D eigenvalue weighted by atomic mass is 127. The van der Waals surface area contributed by atoms with Gasteiger partial charge in [-0.2, -0.15) is 13.7 Å². The second-order valence-electron chi connectivity index (χ2n) is 7.08. The molecule has 0 saturated carbocycles. The second kappa shape index (κ2) is 11.7. The van der Waals surface area contributed by atoms with Crippen LogP contribution in [0.2, 0.25) is 0 Å². The van der Waals surface area contributed by atoms with E-state index in [0.29, 0.717) is 20.4 Å². The van der Waals surface area contributed by atoms with Gasteiger partial charge in [-0.25, -0.2) is 4.79 Å². The normalized spacial score (nSPS) is 11.2. The molecular formula is C25H19IN2O7S. The molecule has 0 radical (unpaired) electrons. The summed E-state index contributed by atoms with van der Waals surface area (Å²) in [5, 5.41) is 12.1. The first-order valence-corrected chi connectivity index (χ1v) is 12.7. The minimum Gasteiger partial charge on any atom is -0.493 e. The maximum atomic E-state index is 12.7. The van der Waals surface area contributed by atoms with Crippen LogP contribution >= 0.6 is 22.6 Å². The summed E-state index contributed by atoms with van der Waals surface area (Å²) in [6.45, 7) is 0. The number of ether oxygens (including phenoxy) is 2. The van der Waals surface area contributed by atoms with Crippen molar-refractivity contribution >= 4 is 56.3 Å². The van der Waals surface area contributed by atoms with Gasteiger partial charge >= 0.3 is 16.1 Å². The fraction of sp³-hybridized carbons (Fsp3) is 0.0800. The predicted molar refractivity (Wildman–Crippen MR) is 140 cm³/mol. The molecule has 0 bridgehead atoms. The molecule has 0 saturated heterocycles. The molecule has 0 fully saturated rings. The summed E-state index contributed by atoms with van der Waals surface area (Å²) >= 11 is 1.88. The van der Waals surface area contributed by atoms with Crippen LogP contribution in [0.1, 0.15) is 15.9 Å². The van der Waals surface area contributed by atoms with E-state index in [-0.39, 0.29) is 22.0 Å². The van der Waals surface area contributed by atoms with Crippen molar-refractivity contribution in [3.8, 4) is 17.6 Å². The molecule has 0 unspecified atom stereocenters. The Morgan fingerprint density at radius 1 is 1.03 bits per heavy atom. The Hall–Kier alpha value is -3.89. The van der Waals surface area contributed by atoms with E-state index in [1.54, 1.807) is 24.3 Å². The number of hydrogen-bond donors (Lipinski definition) is 1. The van der Waals surface area contributed by atoms with Crippen molar-refractivity contribution in [3.63, 3.8) is 0 Å². The van der Waals surface area contributed by atoms with Crippen molar-refractivity contribution in [2.75, 3.05) is 19.5 Å². The molecule has 11 heteroatoms. The van der Waals surface area contributed by atoms with E-state index >= 15 is 0 Å². The van der Waals surface area contributed by atoms with Crippen LogP contribution in [0.5, 0.6) is 11.5 Å². The molecule has 0 aromatic heterocycles. The van der Waals surface area contributed by atoms with E-state index in [1.165, 1.54) is 62.8 Å². The number of hydrogen-bond acceptors (Lipinski definition) is 8. The minimum absolute atomic E-state index is 0.0186. The van der Waals surface area contributed by atoms with Crippen LogP contribution in [0.25, 0.3) is 6.08 Å². The van der Waals surface area contributed by atoms with E-state index in [1.807, 2.05) is 28.7 Å². The lowest BCUT2D eigenvalue weighted by Gasteiger charge is -2.13. The molecule has 1 N–H and O–H groups in total. The highest BCUT2D eigenvalue weighted by molar-refractivity contribution is 14.1. The van der Waals surface area contributed by atoms with Gasteiger partial charge in [0.2, 0.25) is 0 Å². The van der Waals surface area contributed by atoms with Gasteiger partial charge in [-0.3, -0.25) is 4.79 Å². The molecule has 3 aromatic rings. The Kier molecular flexibility index (Phi) is 8.68. The van der Waals surface area contributed by atoms with E-state index in [4.69, 9.17) is 8.92 Å². The number of nitriles is 1. The lowest BCUT2D eigenvalue weighted by atomic mass is 10.1. The molecule has 3 rings (SSSR count). The highest BCUT2D eigenvalue weighted by Crippen LogP contribution is 2.36. The SMILES string of the molecule is COC(=O)c1ccc(NC(=O)/C(C#N)=C/c2cc(I)c(OS(=O)(=O)c3ccccc3)c(OC)c2)cc1. The highest BCUT2D eigenvalue weighted by Gasteiger charge is 2.22. The summed E-state index contributed by atoms with van der Waals surface area (Å²) in [5.74, 6) is -1.11. The average Bonchev–Trinajstić information content (AvgIpc) is 2.88. The van der Waals surface area contributed by atoms with Gasteiger partial charge in [0.05, 0.1) is 23.4 Å². The summed E-state index contributed by atoms with van der Waals surface area (Å²) in [7, 11) is -1.51. The summed E-state index contributed by atoms with van der Waals surface area (Å²) in [6, 6.07) is 18.5. The largest absolute Gasteiger partial charge is 0.493 e. The average molecular weight is 618 g/mol. The first-order valence-electron chi connectivity index (χ1n) is 10.2. The van der Waals surface area contributed by atoms with Crippen LogP contribution in [0.4, 0.5) is 5.69 Å². The van der Waals surface area contributed by atoms with Crippen molar-refractivity contribution in [3.05, 3.63) is 87.0 Å². The third kappa shape index (κ3) is 6.41. The molecule has 0 atom stereocenters. The zero-order chi connectivity index (χ0) is 26.3. The minimum atomic E-state index is -4.11. The molecule has 36 heavy (non-hydrogen) atoms. The van der Waals surface area contributed by atoms with Crippen LogP contribution in [0.3, 0.4) is 0 Å². The molecule has 3 aromatic carbocycles. The van der Waals surface area contributed by atoms with Crippen LogP contribution in [-0.4, -0.2) is 34.5 Å². The molecule has 0 aliphatic rings. The van der Waals surface area contributed by atoms with Crippen molar-refractivity contribution in [2.24, 2.45) is 0 Å². The molecule has 184 valence electrons. The lowest BCUT2D eigenvalue weighted by Crippen LogP contribution is -2.14. The van der Waals surface area contributed by atoms with Crippen molar-refractivity contribution in [1.29, 1.82) is 5.26 Å². The van der Waals surface area contributed by atoms with E-state index < -0.39 is 22.0 Å². The second-order valence-corrected chi connectivity index (χ2v) is 9.79. The van der Waals surface area contributed by atoms with Gasteiger partial charge in [0.1, 0.15) is 16.5 Å². The zero-order valence-corrected chi connectivity index (χ0v) is 22.0. The van der Waals surface area contributed by atoms with E-state index in [0.717, 1.165) is 0 Å². The Balaban J connectivity index is 1.86. The monoisotopic (exact) mass is 618 g/mol. The number of methoxy groups -OCH3 is 2. The number of amides is 1. The molecular weight excluding hydrogens is 599 g/mol. The number of carbonyl (C=O) groups excluding carboxylic acids is 2. The van der Waals surface area contributed by atoms with Crippen molar-refractivity contribution in [2.45, 2.75) is 4.90 Å². The maximum absolute atomic E-state index is 12.7. The van der Waals surface area contributed by atoms with E-state index in [9.17, 15) is 23.3 Å². The lowest BCUT2D eigenvalue weighted by molar-refractivity contribution is -0.112. The van der Waals surface area contributed by atoms with Gasteiger partial charge in [-0.05, 0) is 82.8 Å². The Morgan fingerprint density at radius 3 is 2.28 bits per heavy atom. The first kappa shape index (κ1) is 26.7. The van der Waals surface area contributed by atoms with Gasteiger partial charge in [-0.1, -0.05) is 18.2 Å². The van der Waals surface area contributed by atoms with Crippen LogP contribution in [0.15, 0.2) is 77.2 Å². The number of anilines is 1. The number of halogens is 1. The Labute approximate surface area is 221 Å². The molecule has 0 aliphatic carbocycles. The van der Waals surface area contributed by atoms with Gasteiger partial charge in [0, 0.05) is 5.69 Å². The Bertz CT molecular complexity index is 1460. The van der Waals surface area contributed by atoms with Gasteiger partial charge in [-0.15, -0.1) is 0 Å².